The molecule has 0 radical (unpaired) electrons. The Labute approximate surface area is 180 Å². The van der Waals surface area contributed by atoms with Crippen molar-refractivity contribution in [3.8, 4) is 5.75 Å². The van der Waals surface area contributed by atoms with Crippen LogP contribution in [0.2, 0.25) is 5.02 Å². The maximum absolute atomic E-state index is 14.7. The molecule has 0 bridgehead atoms. The number of ether oxygens (including phenoxy) is 1. The summed E-state index contributed by atoms with van der Waals surface area (Å²) in [5, 5.41) is 1.73. The fraction of sp³-hybridized carbons (Fsp3) is 0.375. The lowest BCUT2D eigenvalue weighted by Gasteiger charge is -2.44. The van der Waals surface area contributed by atoms with Crippen molar-refractivity contribution in [2.24, 2.45) is 5.73 Å². The number of hydrogen-bond donors (Lipinski definition) is 2. The Morgan fingerprint density at radius 2 is 2.00 bits per heavy atom. The summed E-state index contributed by atoms with van der Waals surface area (Å²) < 4.78 is 20.9. The molecule has 158 valence electrons. The summed E-state index contributed by atoms with van der Waals surface area (Å²) in [6, 6.07) is 12.1. The van der Waals surface area contributed by atoms with E-state index in [1.54, 1.807) is 18.3 Å². The van der Waals surface area contributed by atoms with E-state index in [-0.39, 0.29) is 28.9 Å². The van der Waals surface area contributed by atoms with Crippen LogP contribution in [0.1, 0.15) is 44.6 Å². The Bertz CT molecular complexity index is 1110. The van der Waals surface area contributed by atoms with Gasteiger partial charge in [0.1, 0.15) is 11.6 Å². The maximum atomic E-state index is 14.7. The van der Waals surface area contributed by atoms with Gasteiger partial charge >= 0.3 is 0 Å². The molecule has 0 aliphatic heterocycles. The third-order valence-corrected chi connectivity index (χ3v) is 6.80. The number of nitrogens with two attached hydrogens (primary N) is 1. The van der Waals surface area contributed by atoms with Crippen molar-refractivity contribution in [1.82, 2.24) is 4.98 Å². The summed E-state index contributed by atoms with van der Waals surface area (Å²) in [6.45, 7) is 2.05. The molecule has 3 N–H and O–H groups in total. The summed E-state index contributed by atoms with van der Waals surface area (Å²) in [5.41, 5.74) is 6.66. The topological polar surface area (TPSA) is 68.1 Å². The fourth-order valence-corrected chi connectivity index (χ4v) is 4.99. The molecule has 6 heteroatoms. The predicted molar refractivity (Wildman–Crippen MR) is 119 cm³/mol. The zero-order chi connectivity index (χ0) is 21.3. The van der Waals surface area contributed by atoms with Gasteiger partial charge in [-0.15, -0.1) is 0 Å². The Balaban J connectivity index is 1.56. The molecule has 1 fully saturated rings. The molecule has 1 heterocycles. The zero-order valence-corrected chi connectivity index (χ0v) is 17.7. The highest BCUT2D eigenvalue weighted by atomic mass is 35.5. The SMILES string of the molecule is CCC(N)[C@]1(c2ccccc2F)CC[C@H](Oc2cc3cc[nH]c(=O)c3cc2Cl)CC1. The number of aromatic amines is 1. The highest BCUT2D eigenvalue weighted by Crippen LogP contribution is 2.44. The smallest absolute Gasteiger partial charge is 0.255 e. The molecule has 1 unspecified atom stereocenters. The van der Waals surface area contributed by atoms with E-state index < -0.39 is 0 Å². The molecule has 0 spiro atoms. The lowest BCUT2D eigenvalue weighted by Crippen LogP contribution is -2.49. The van der Waals surface area contributed by atoms with Gasteiger partial charge in [0, 0.05) is 23.0 Å². The van der Waals surface area contributed by atoms with Crippen LogP contribution in [0, 0.1) is 5.82 Å². The average Bonchev–Trinajstić information content (AvgIpc) is 2.75. The lowest BCUT2D eigenvalue weighted by atomic mass is 9.63. The zero-order valence-electron chi connectivity index (χ0n) is 17.0. The fourth-order valence-electron chi connectivity index (χ4n) is 4.78. The first-order chi connectivity index (χ1) is 14.4. The van der Waals surface area contributed by atoms with E-state index in [0.717, 1.165) is 37.5 Å². The van der Waals surface area contributed by atoms with Crippen LogP contribution in [-0.2, 0) is 5.41 Å². The quantitative estimate of drug-likeness (QED) is 0.578. The Kier molecular flexibility index (Phi) is 5.85. The number of hydrogen-bond acceptors (Lipinski definition) is 3. The van der Waals surface area contributed by atoms with Gasteiger partial charge in [-0.2, -0.15) is 0 Å². The van der Waals surface area contributed by atoms with Crippen molar-refractivity contribution in [3.05, 3.63) is 75.4 Å². The summed E-state index contributed by atoms with van der Waals surface area (Å²) in [7, 11) is 0. The molecule has 1 aliphatic rings. The second-order valence-electron chi connectivity index (χ2n) is 8.14. The summed E-state index contributed by atoms with van der Waals surface area (Å²) in [5.74, 6) is 0.376. The van der Waals surface area contributed by atoms with Gasteiger partial charge in [0.05, 0.1) is 11.1 Å². The van der Waals surface area contributed by atoms with Gasteiger partial charge in [0.25, 0.3) is 5.56 Å². The van der Waals surface area contributed by atoms with E-state index in [2.05, 4.69) is 4.98 Å². The summed E-state index contributed by atoms with van der Waals surface area (Å²) in [4.78, 5) is 14.6. The lowest BCUT2D eigenvalue weighted by molar-refractivity contribution is 0.102. The number of nitrogens with one attached hydrogen (secondary N) is 1. The molecular formula is C24H26ClFN2O2. The molecule has 4 rings (SSSR count). The van der Waals surface area contributed by atoms with Crippen molar-refractivity contribution in [2.45, 2.75) is 56.6 Å². The normalized spacial score (nSPS) is 22.7. The second-order valence-corrected chi connectivity index (χ2v) is 8.55. The van der Waals surface area contributed by atoms with E-state index in [0.29, 0.717) is 21.7 Å². The van der Waals surface area contributed by atoms with Gasteiger partial charge in [0.15, 0.2) is 0 Å². The van der Waals surface area contributed by atoms with Crippen molar-refractivity contribution in [3.63, 3.8) is 0 Å². The third-order valence-electron chi connectivity index (χ3n) is 6.50. The van der Waals surface area contributed by atoms with Crippen molar-refractivity contribution < 1.29 is 9.13 Å². The monoisotopic (exact) mass is 428 g/mol. The third kappa shape index (κ3) is 3.72. The van der Waals surface area contributed by atoms with Crippen LogP contribution in [-0.4, -0.2) is 17.1 Å². The predicted octanol–water partition coefficient (Wildman–Crippen LogP) is 5.32. The van der Waals surface area contributed by atoms with E-state index in [9.17, 15) is 9.18 Å². The molecule has 1 aliphatic carbocycles. The highest BCUT2D eigenvalue weighted by Gasteiger charge is 2.43. The number of rotatable bonds is 5. The van der Waals surface area contributed by atoms with Gasteiger partial charge in [-0.1, -0.05) is 36.7 Å². The highest BCUT2D eigenvalue weighted by molar-refractivity contribution is 6.32. The standard InChI is InChI=1S/C24H26ClFN2O2/c1-2-22(27)24(18-5-3-4-6-20(18)26)10-7-16(8-11-24)30-21-13-15-9-12-28-23(29)17(15)14-19(21)25/h3-6,9,12-14,16,22H,2,7-8,10-11,27H2,1H3,(H,28,29)/t16-,22?,24+. The molecule has 1 aromatic heterocycles. The van der Waals surface area contributed by atoms with Crippen LogP contribution in [0.3, 0.4) is 0 Å². The molecule has 3 aromatic rings. The number of halogens is 2. The average molecular weight is 429 g/mol. The minimum absolute atomic E-state index is 0.0362. The van der Waals surface area contributed by atoms with E-state index in [4.69, 9.17) is 22.1 Å². The minimum Gasteiger partial charge on any atom is -0.489 e. The number of fused-ring (bicyclic) bond motifs is 1. The van der Waals surface area contributed by atoms with E-state index in [1.165, 1.54) is 6.07 Å². The van der Waals surface area contributed by atoms with Crippen molar-refractivity contribution >= 4 is 22.4 Å². The Morgan fingerprint density at radius 3 is 2.70 bits per heavy atom. The molecule has 1 saturated carbocycles. The minimum atomic E-state index is -0.388. The van der Waals surface area contributed by atoms with Gasteiger partial charge in [-0.05, 0) is 67.3 Å². The van der Waals surface area contributed by atoms with Gasteiger partial charge in [-0.3, -0.25) is 4.79 Å². The molecule has 0 amide bonds. The van der Waals surface area contributed by atoms with Crippen LogP contribution in [0.15, 0.2) is 53.5 Å². The number of benzene rings is 2. The van der Waals surface area contributed by atoms with Gasteiger partial charge < -0.3 is 15.5 Å². The van der Waals surface area contributed by atoms with Crippen LogP contribution < -0.4 is 16.0 Å². The molecule has 2 aromatic carbocycles. The largest absolute Gasteiger partial charge is 0.489 e. The van der Waals surface area contributed by atoms with Crippen LogP contribution in [0.5, 0.6) is 5.75 Å². The van der Waals surface area contributed by atoms with Crippen LogP contribution in [0.25, 0.3) is 10.8 Å². The van der Waals surface area contributed by atoms with Crippen LogP contribution in [0.4, 0.5) is 4.39 Å². The Morgan fingerprint density at radius 1 is 1.27 bits per heavy atom. The molecule has 1 atom stereocenters. The molecule has 0 saturated heterocycles. The number of pyridine rings is 1. The Hall–Kier alpha value is -2.37. The second kappa shape index (κ2) is 8.40. The number of aromatic nitrogens is 1. The number of H-pyrrole nitrogens is 1. The first-order valence-electron chi connectivity index (χ1n) is 10.4. The summed E-state index contributed by atoms with van der Waals surface area (Å²) >= 11 is 6.39. The molecule has 30 heavy (non-hydrogen) atoms. The maximum Gasteiger partial charge on any atom is 0.255 e. The van der Waals surface area contributed by atoms with Crippen molar-refractivity contribution in [1.29, 1.82) is 0 Å². The van der Waals surface area contributed by atoms with Crippen molar-refractivity contribution in [2.75, 3.05) is 0 Å². The van der Waals surface area contributed by atoms with Crippen LogP contribution >= 0.6 is 11.6 Å². The first-order valence-corrected chi connectivity index (χ1v) is 10.8. The van der Waals surface area contributed by atoms with Gasteiger partial charge in [-0.25, -0.2) is 4.39 Å². The van der Waals surface area contributed by atoms with E-state index in [1.807, 2.05) is 31.2 Å². The first kappa shape index (κ1) is 20.9. The summed E-state index contributed by atoms with van der Waals surface area (Å²) in [6.07, 6.45) is 5.36. The van der Waals surface area contributed by atoms with Gasteiger partial charge in [0.2, 0.25) is 0 Å². The molecule has 4 nitrogen and oxygen atoms in total. The van der Waals surface area contributed by atoms with E-state index >= 15 is 0 Å². The molecular weight excluding hydrogens is 403 g/mol.